The van der Waals surface area contributed by atoms with Crippen molar-refractivity contribution in [3.05, 3.63) is 23.8 Å². The van der Waals surface area contributed by atoms with Crippen LogP contribution in [-0.4, -0.2) is 19.1 Å². The second-order valence-corrected chi connectivity index (χ2v) is 4.25. The number of hydrogen-bond donors (Lipinski definition) is 2. The molecule has 0 spiro atoms. The molecular weight excluding hydrogens is 273 g/mol. The van der Waals surface area contributed by atoms with E-state index in [0.717, 1.165) is 31.0 Å². The monoisotopic (exact) mass is 290 g/mol. The number of halogens is 3. The Bertz CT molecular complexity index is 461. The Balaban J connectivity index is 2.58. The van der Waals surface area contributed by atoms with Gasteiger partial charge in [-0.2, -0.15) is 13.2 Å². The second-order valence-electron chi connectivity index (χ2n) is 4.25. The maximum absolute atomic E-state index is 12.4. The van der Waals surface area contributed by atoms with Crippen molar-refractivity contribution in [2.45, 2.75) is 25.9 Å². The van der Waals surface area contributed by atoms with E-state index in [1.165, 1.54) is 0 Å². The van der Waals surface area contributed by atoms with Gasteiger partial charge < -0.3 is 15.8 Å². The molecule has 0 saturated carbocycles. The quantitative estimate of drug-likeness (QED) is 0.625. The van der Waals surface area contributed by atoms with E-state index in [1.807, 2.05) is 6.92 Å². The number of carbonyl (C=O) groups excluding carboxylic acids is 1. The summed E-state index contributed by atoms with van der Waals surface area (Å²) in [5, 5.41) is 2.41. The fourth-order valence-corrected chi connectivity index (χ4v) is 1.45. The Kier molecular flexibility index (Phi) is 5.82. The van der Waals surface area contributed by atoms with Gasteiger partial charge in [0.05, 0.1) is 16.9 Å². The number of carbonyl (C=O) groups is 1. The van der Waals surface area contributed by atoms with Gasteiger partial charge in [-0.15, -0.1) is 0 Å². The van der Waals surface area contributed by atoms with Crippen LogP contribution in [0.5, 0.6) is 0 Å². The molecule has 1 amide bonds. The Hall–Kier alpha value is -1.76. The molecule has 0 aliphatic rings. The fourth-order valence-electron chi connectivity index (χ4n) is 1.45. The molecule has 1 rings (SSSR count). The second kappa shape index (κ2) is 7.14. The molecule has 1 aromatic carbocycles. The zero-order chi connectivity index (χ0) is 15.2. The predicted molar refractivity (Wildman–Crippen MR) is 70.2 cm³/mol. The first-order chi connectivity index (χ1) is 9.34. The van der Waals surface area contributed by atoms with E-state index < -0.39 is 17.6 Å². The molecule has 112 valence electrons. The van der Waals surface area contributed by atoms with E-state index in [9.17, 15) is 18.0 Å². The lowest BCUT2D eigenvalue weighted by molar-refractivity contribution is -0.137. The Morgan fingerprint density at radius 3 is 2.65 bits per heavy atom. The number of rotatable bonds is 6. The Morgan fingerprint density at radius 2 is 2.10 bits per heavy atom. The van der Waals surface area contributed by atoms with Gasteiger partial charge in [0.2, 0.25) is 5.91 Å². The maximum Gasteiger partial charge on any atom is 0.416 e. The van der Waals surface area contributed by atoms with Crippen molar-refractivity contribution in [2.75, 3.05) is 24.3 Å². The van der Waals surface area contributed by atoms with Crippen LogP contribution in [0.25, 0.3) is 0 Å². The summed E-state index contributed by atoms with van der Waals surface area (Å²) < 4.78 is 42.4. The van der Waals surface area contributed by atoms with Crippen LogP contribution in [0, 0.1) is 0 Å². The fraction of sp³-hybridized carbons (Fsp3) is 0.462. The van der Waals surface area contributed by atoms with Gasteiger partial charge in [0.15, 0.2) is 0 Å². The maximum atomic E-state index is 12.4. The number of alkyl halides is 3. The number of unbranched alkanes of at least 4 members (excludes halogenated alkanes) is 1. The van der Waals surface area contributed by atoms with Gasteiger partial charge in [-0.05, 0) is 24.6 Å². The van der Waals surface area contributed by atoms with Crippen LogP contribution in [0.4, 0.5) is 24.5 Å². The van der Waals surface area contributed by atoms with E-state index in [4.69, 9.17) is 10.5 Å². The van der Waals surface area contributed by atoms with Gasteiger partial charge in [-0.1, -0.05) is 13.3 Å². The first kappa shape index (κ1) is 16.3. The van der Waals surface area contributed by atoms with E-state index in [-0.39, 0.29) is 18.0 Å². The van der Waals surface area contributed by atoms with E-state index in [0.29, 0.717) is 6.61 Å². The minimum Gasteiger partial charge on any atom is -0.397 e. The van der Waals surface area contributed by atoms with Crippen LogP contribution in [0.15, 0.2) is 18.2 Å². The average Bonchev–Trinajstić information content (AvgIpc) is 2.36. The van der Waals surface area contributed by atoms with Gasteiger partial charge in [0.1, 0.15) is 6.61 Å². The summed E-state index contributed by atoms with van der Waals surface area (Å²) >= 11 is 0. The van der Waals surface area contributed by atoms with Crippen LogP contribution in [-0.2, 0) is 15.7 Å². The molecule has 1 aromatic rings. The summed E-state index contributed by atoms with van der Waals surface area (Å²) in [5.41, 5.74) is 4.64. The largest absolute Gasteiger partial charge is 0.416 e. The normalized spacial score (nSPS) is 11.4. The number of nitrogens with two attached hydrogens (primary N) is 1. The highest BCUT2D eigenvalue weighted by Crippen LogP contribution is 2.32. The average molecular weight is 290 g/mol. The van der Waals surface area contributed by atoms with Crippen LogP contribution in [0.2, 0.25) is 0 Å². The zero-order valence-corrected chi connectivity index (χ0v) is 11.1. The molecule has 0 unspecified atom stereocenters. The molecule has 0 atom stereocenters. The molecule has 20 heavy (non-hydrogen) atoms. The van der Waals surface area contributed by atoms with Gasteiger partial charge in [0.25, 0.3) is 0 Å². The first-order valence-electron chi connectivity index (χ1n) is 6.19. The number of benzene rings is 1. The van der Waals surface area contributed by atoms with Crippen molar-refractivity contribution >= 4 is 17.3 Å². The molecular formula is C13H17F3N2O2. The van der Waals surface area contributed by atoms with E-state index >= 15 is 0 Å². The third kappa shape index (κ3) is 5.08. The van der Waals surface area contributed by atoms with E-state index in [2.05, 4.69) is 5.32 Å². The van der Waals surface area contributed by atoms with Crippen LogP contribution in [0.3, 0.4) is 0 Å². The van der Waals surface area contributed by atoms with Crippen molar-refractivity contribution in [3.8, 4) is 0 Å². The zero-order valence-electron chi connectivity index (χ0n) is 11.1. The molecule has 0 aromatic heterocycles. The number of ether oxygens (including phenoxy) is 1. The molecule has 0 aliphatic heterocycles. The number of anilines is 2. The van der Waals surface area contributed by atoms with Crippen molar-refractivity contribution in [1.82, 2.24) is 0 Å². The SMILES string of the molecule is CCCCOCC(=O)Nc1ccc(C(F)(F)F)cc1N. The lowest BCUT2D eigenvalue weighted by atomic mass is 10.1. The summed E-state index contributed by atoms with van der Waals surface area (Å²) in [6, 6.07) is 2.78. The molecule has 0 aliphatic carbocycles. The number of nitrogens with one attached hydrogen (secondary N) is 1. The third-order valence-electron chi connectivity index (χ3n) is 2.53. The third-order valence-corrected chi connectivity index (χ3v) is 2.53. The lowest BCUT2D eigenvalue weighted by Crippen LogP contribution is -2.19. The molecule has 0 bridgehead atoms. The summed E-state index contributed by atoms with van der Waals surface area (Å²) in [4.78, 5) is 11.5. The number of amides is 1. The van der Waals surface area contributed by atoms with Crippen molar-refractivity contribution in [3.63, 3.8) is 0 Å². The van der Waals surface area contributed by atoms with Gasteiger partial charge in [0, 0.05) is 6.61 Å². The Morgan fingerprint density at radius 1 is 1.40 bits per heavy atom. The van der Waals surface area contributed by atoms with Crippen LogP contribution >= 0.6 is 0 Å². The molecule has 3 N–H and O–H groups in total. The van der Waals surface area contributed by atoms with Gasteiger partial charge in [-0.3, -0.25) is 4.79 Å². The molecule has 0 radical (unpaired) electrons. The van der Waals surface area contributed by atoms with Gasteiger partial charge in [-0.25, -0.2) is 0 Å². The highest BCUT2D eigenvalue weighted by atomic mass is 19.4. The van der Waals surface area contributed by atoms with Crippen molar-refractivity contribution in [1.29, 1.82) is 0 Å². The highest BCUT2D eigenvalue weighted by molar-refractivity contribution is 5.94. The number of nitrogen functional groups attached to an aromatic ring is 1. The highest BCUT2D eigenvalue weighted by Gasteiger charge is 2.30. The van der Waals surface area contributed by atoms with Gasteiger partial charge >= 0.3 is 6.18 Å². The van der Waals surface area contributed by atoms with Crippen molar-refractivity contribution in [2.24, 2.45) is 0 Å². The lowest BCUT2D eigenvalue weighted by Gasteiger charge is -2.12. The molecule has 0 saturated heterocycles. The summed E-state index contributed by atoms with van der Waals surface area (Å²) in [6.45, 7) is 2.30. The van der Waals surface area contributed by atoms with Crippen LogP contribution < -0.4 is 11.1 Å². The topological polar surface area (TPSA) is 64.3 Å². The summed E-state index contributed by atoms with van der Waals surface area (Å²) in [5.74, 6) is -0.451. The molecule has 0 heterocycles. The first-order valence-corrected chi connectivity index (χ1v) is 6.19. The standard InChI is InChI=1S/C13H17F3N2O2/c1-2-3-6-20-8-12(19)18-11-5-4-9(7-10(11)17)13(14,15)16/h4-5,7H,2-3,6,8,17H2,1H3,(H,18,19). The molecule has 0 fully saturated rings. The summed E-state index contributed by atoms with van der Waals surface area (Å²) in [6.07, 6.45) is -2.66. The van der Waals surface area contributed by atoms with Crippen molar-refractivity contribution < 1.29 is 22.7 Å². The Labute approximate surface area is 115 Å². The minimum atomic E-state index is -4.46. The number of hydrogen-bond acceptors (Lipinski definition) is 3. The smallest absolute Gasteiger partial charge is 0.397 e. The predicted octanol–water partition coefficient (Wildman–Crippen LogP) is 3.04. The molecule has 7 heteroatoms. The van der Waals surface area contributed by atoms with E-state index in [1.54, 1.807) is 0 Å². The minimum absolute atomic E-state index is 0.137. The molecule has 4 nitrogen and oxygen atoms in total. The van der Waals surface area contributed by atoms with Crippen LogP contribution in [0.1, 0.15) is 25.3 Å². The summed E-state index contributed by atoms with van der Waals surface area (Å²) in [7, 11) is 0.